The number of amides is 1. The Labute approximate surface area is 98.4 Å². The summed E-state index contributed by atoms with van der Waals surface area (Å²) in [7, 11) is 0. The van der Waals surface area contributed by atoms with Gasteiger partial charge in [0.2, 0.25) is 5.91 Å². The molecular formula is C11H12ClN3O. The van der Waals surface area contributed by atoms with Crippen molar-refractivity contribution in [1.29, 1.82) is 0 Å². The zero-order valence-electron chi connectivity index (χ0n) is 8.61. The predicted molar refractivity (Wildman–Crippen MR) is 61.3 cm³/mol. The Morgan fingerprint density at radius 3 is 3.06 bits per heavy atom. The molecule has 2 aliphatic rings. The van der Waals surface area contributed by atoms with Crippen molar-refractivity contribution in [2.75, 3.05) is 5.32 Å². The molecule has 4 nitrogen and oxygen atoms in total. The summed E-state index contributed by atoms with van der Waals surface area (Å²) in [6, 6.07) is 5.69. The zero-order valence-corrected chi connectivity index (χ0v) is 9.37. The minimum absolute atomic E-state index is 0.0121. The van der Waals surface area contributed by atoms with E-state index in [1.54, 1.807) is 18.2 Å². The molecule has 5 heteroatoms. The third-order valence-corrected chi connectivity index (χ3v) is 3.37. The number of hydrogen-bond donors (Lipinski definition) is 2. The Hall–Kier alpha value is -1.13. The van der Waals surface area contributed by atoms with E-state index in [1.807, 2.05) is 0 Å². The standard InChI is InChI=1S/C11H12ClN3O/c12-9-2-1-3-10(14-9)15-11(16)8-5-6-4-7(6)13-8/h1-3,6-8,13H,4-5H2,(H,14,15,16)/t6-,7-,8+/m1/s1. The van der Waals surface area contributed by atoms with Gasteiger partial charge in [0.05, 0.1) is 6.04 Å². The average molecular weight is 238 g/mol. The van der Waals surface area contributed by atoms with E-state index in [1.165, 1.54) is 6.42 Å². The molecule has 0 bridgehead atoms. The molecule has 1 saturated carbocycles. The van der Waals surface area contributed by atoms with Gasteiger partial charge < -0.3 is 10.6 Å². The number of anilines is 1. The number of halogens is 1. The van der Waals surface area contributed by atoms with Crippen molar-refractivity contribution < 1.29 is 4.79 Å². The summed E-state index contributed by atoms with van der Waals surface area (Å²) in [5, 5.41) is 6.45. The predicted octanol–water partition coefficient (Wildman–Crippen LogP) is 1.42. The van der Waals surface area contributed by atoms with Gasteiger partial charge in [-0.15, -0.1) is 0 Å². The van der Waals surface area contributed by atoms with E-state index in [4.69, 9.17) is 11.6 Å². The summed E-state index contributed by atoms with van der Waals surface area (Å²) in [6.07, 6.45) is 2.16. The van der Waals surface area contributed by atoms with Crippen molar-refractivity contribution in [1.82, 2.24) is 10.3 Å². The monoisotopic (exact) mass is 237 g/mol. The second-order valence-corrected chi connectivity index (χ2v) is 4.78. The van der Waals surface area contributed by atoms with E-state index in [9.17, 15) is 4.79 Å². The second-order valence-electron chi connectivity index (χ2n) is 4.39. The van der Waals surface area contributed by atoms with Gasteiger partial charge in [-0.2, -0.15) is 0 Å². The van der Waals surface area contributed by atoms with Gasteiger partial charge in [0.25, 0.3) is 0 Å². The highest BCUT2D eigenvalue weighted by Gasteiger charge is 2.47. The molecule has 2 N–H and O–H groups in total. The Morgan fingerprint density at radius 2 is 2.38 bits per heavy atom. The number of fused-ring (bicyclic) bond motifs is 1. The molecule has 0 aromatic carbocycles. The first-order valence-electron chi connectivity index (χ1n) is 5.42. The van der Waals surface area contributed by atoms with Crippen LogP contribution in [0.1, 0.15) is 12.8 Å². The molecule has 0 radical (unpaired) electrons. The van der Waals surface area contributed by atoms with Gasteiger partial charge in [-0.25, -0.2) is 4.98 Å². The Kier molecular flexibility index (Phi) is 2.33. The van der Waals surface area contributed by atoms with Gasteiger partial charge in [-0.3, -0.25) is 4.79 Å². The highest BCUT2D eigenvalue weighted by atomic mass is 35.5. The van der Waals surface area contributed by atoms with Crippen molar-refractivity contribution in [2.45, 2.75) is 24.9 Å². The summed E-state index contributed by atoms with van der Waals surface area (Å²) in [5.41, 5.74) is 0. The Bertz CT molecular complexity index is 427. The van der Waals surface area contributed by atoms with Crippen LogP contribution in [0.25, 0.3) is 0 Å². The molecule has 1 aromatic heterocycles. The van der Waals surface area contributed by atoms with Crippen LogP contribution in [-0.2, 0) is 4.79 Å². The van der Waals surface area contributed by atoms with Gasteiger partial charge in [0.1, 0.15) is 11.0 Å². The van der Waals surface area contributed by atoms with E-state index in [2.05, 4.69) is 15.6 Å². The number of nitrogens with zero attached hydrogens (tertiary/aromatic N) is 1. The van der Waals surface area contributed by atoms with Crippen LogP contribution in [0.5, 0.6) is 0 Å². The first kappa shape index (κ1) is 10.1. The number of piperidine rings is 1. The molecule has 1 aliphatic heterocycles. The van der Waals surface area contributed by atoms with E-state index in [0.29, 0.717) is 22.9 Å². The van der Waals surface area contributed by atoms with Crippen LogP contribution in [-0.4, -0.2) is 23.0 Å². The average Bonchev–Trinajstić information content (AvgIpc) is 2.86. The summed E-state index contributed by atoms with van der Waals surface area (Å²) >= 11 is 5.74. The highest BCUT2D eigenvalue weighted by Crippen LogP contribution is 2.40. The Balaban J connectivity index is 1.64. The van der Waals surface area contributed by atoms with Crippen LogP contribution in [0, 0.1) is 5.92 Å². The molecule has 1 aromatic rings. The molecule has 3 atom stereocenters. The van der Waals surface area contributed by atoms with Gasteiger partial charge in [0, 0.05) is 6.04 Å². The summed E-state index contributed by atoms with van der Waals surface area (Å²) in [6.45, 7) is 0. The number of aromatic nitrogens is 1. The molecular weight excluding hydrogens is 226 g/mol. The quantitative estimate of drug-likeness (QED) is 0.765. The maximum absolute atomic E-state index is 11.8. The number of carbonyl (C=O) groups is 1. The zero-order chi connectivity index (χ0) is 11.1. The third kappa shape index (κ3) is 1.90. The van der Waals surface area contributed by atoms with Crippen LogP contribution >= 0.6 is 11.6 Å². The van der Waals surface area contributed by atoms with Crippen LogP contribution in [0.2, 0.25) is 5.15 Å². The van der Waals surface area contributed by atoms with Crippen molar-refractivity contribution >= 4 is 23.3 Å². The first-order valence-corrected chi connectivity index (χ1v) is 5.79. The van der Waals surface area contributed by atoms with Crippen LogP contribution in [0.15, 0.2) is 18.2 Å². The highest BCUT2D eigenvalue weighted by molar-refractivity contribution is 6.29. The second kappa shape index (κ2) is 3.71. The lowest BCUT2D eigenvalue weighted by atomic mass is 10.2. The first-order chi connectivity index (χ1) is 7.72. The van der Waals surface area contributed by atoms with Crippen LogP contribution < -0.4 is 10.6 Å². The Morgan fingerprint density at radius 1 is 1.50 bits per heavy atom. The van der Waals surface area contributed by atoms with E-state index >= 15 is 0 Å². The number of hydrogen-bond acceptors (Lipinski definition) is 3. The fraction of sp³-hybridized carbons (Fsp3) is 0.455. The molecule has 1 amide bonds. The van der Waals surface area contributed by atoms with Gasteiger partial charge in [-0.05, 0) is 30.9 Å². The summed E-state index contributed by atoms with van der Waals surface area (Å²) < 4.78 is 0. The van der Waals surface area contributed by atoms with Gasteiger partial charge in [-0.1, -0.05) is 17.7 Å². The molecule has 2 fully saturated rings. The molecule has 0 unspecified atom stereocenters. The summed E-state index contributed by atoms with van der Waals surface area (Å²) in [4.78, 5) is 15.9. The fourth-order valence-electron chi connectivity index (χ4n) is 2.22. The van der Waals surface area contributed by atoms with Crippen LogP contribution in [0.4, 0.5) is 5.82 Å². The molecule has 16 heavy (non-hydrogen) atoms. The lowest BCUT2D eigenvalue weighted by Gasteiger charge is -2.12. The largest absolute Gasteiger partial charge is 0.309 e. The lowest BCUT2D eigenvalue weighted by molar-refractivity contribution is -0.118. The van der Waals surface area contributed by atoms with E-state index in [0.717, 1.165) is 6.42 Å². The number of rotatable bonds is 2. The molecule has 0 spiro atoms. The molecule has 84 valence electrons. The maximum atomic E-state index is 11.8. The molecule has 1 saturated heterocycles. The van der Waals surface area contributed by atoms with E-state index in [-0.39, 0.29) is 11.9 Å². The van der Waals surface area contributed by atoms with Crippen molar-refractivity contribution in [3.8, 4) is 0 Å². The molecule has 2 heterocycles. The molecule has 1 aliphatic carbocycles. The maximum Gasteiger partial charge on any atom is 0.242 e. The van der Waals surface area contributed by atoms with Gasteiger partial charge in [0.15, 0.2) is 0 Å². The van der Waals surface area contributed by atoms with Crippen molar-refractivity contribution in [2.24, 2.45) is 5.92 Å². The smallest absolute Gasteiger partial charge is 0.242 e. The molecule has 3 rings (SSSR count). The number of pyridine rings is 1. The SMILES string of the molecule is O=C(Nc1cccc(Cl)n1)[C@@H]1C[C@H]2C[C@H]2N1. The third-order valence-electron chi connectivity index (χ3n) is 3.16. The number of carbonyl (C=O) groups excluding carboxylic acids is 1. The normalized spacial score (nSPS) is 30.9. The van der Waals surface area contributed by atoms with Crippen molar-refractivity contribution in [3.05, 3.63) is 23.4 Å². The fourth-order valence-corrected chi connectivity index (χ4v) is 2.38. The topological polar surface area (TPSA) is 54.0 Å². The van der Waals surface area contributed by atoms with Gasteiger partial charge >= 0.3 is 0 Å². The number of nitrogens with one attached hydrogen (secondary N) is 2. The van der Waals surface area contributed by atoms with Crippen molar-refractivity contribution in [3.63, 3.8) is 0 Å². The summed E-state index contributed by atoms with van der Waals surface area (Å²) in [5.74, 6) is 1.21. The minimum atomic E-state index is -0.0652. The van der Waals surface area contributed by atoms with Crippen LogP contribution in [0.3, 0.4) is 0 Å². The minimum Gasteiger partial charge on any atom is -0.309 e. The lowest BCUT2D eigenvalue weighted by Crippen LogP contribution is -2.38. The van der Waals surface area contributed by atoms with E-state index < -0.39 is 0 Å².